The highest BCUT2D eigenvalue weighted by Crippen LogP contribution is 2.41. The molecule has 33 heavy (non-hydrogen) atoms. The first-order chi connectivity index (χ1) is 15.6. The van der Waals surface area contributed by atoms with E-state index in [9.17, 15) is 9.59 Å². The summed E-state index contributed by atoms with van der Waals surface area (Å²) in [5, 5.41) is 3.01. The Bertz CT molecular complexity index is 1020. The van der Waals surface area contributed by atoms with Gasteiger partial charge in [-0.15, -0.1) is 12.4 Å². The van der Waals surface area contributed by atoms with Gasteiger partial charge >= 0.3 is 6.03 Å². The third-order valence-corrected chi connectivity index (χ3v) is 7.08. The Morgan fingerprint density at radius 3 is 2.48 bits per heavy atom. The van der Waals surface area contributed by atoms with E-state index in [0.29, 0.717) is 13.0 Å². The Morgan fingerprint density at radius 2 is 1.70 bits per heavy atom. The highest BCUT2D eigenvalue weighted by Gasteiger charge is 2.54. The van der Waals surface area contributed by atoms with Crippen molar-refractivity contribution in [2.45, 2.75) is 24.8 Å². The van der Waals surface area contributed by atoms with E-state index in [1.54, 1.807) is 7.11 Å². The lowest BCUT2D eigenvalue weighted by atomic mass is 9.92. The summed E-state index contributed by atoms with van der Waals surface area (Å²) in [4.78, 5) is 32.1. The van der Waals surface area contributed by atoms with Crippen LogP contribution in [0.4, 0.5) is 10.5 Å². The highest BCUT2D eigenvalue weighted by atomic mass is 35.5. The van der Waals surface area contributed by atoms with Gasteiger partial charge in [0.05, 0.1) is 12.8 Å². The van der Waals surface area contributed by atoms with E-state index < -0.39 is 5.54 Å². The van der Waals surface area contributed by atoms with Crippen LogP contribution in [0.2, 0.25) is 0 Å². The number of anilines is 1. The zero-order valence-corrected chi connectivity index (χ0v) is 19.8. The number of hydrogen-bond acceptors (Lipinski definition) is 5. The summed E-state index contributed by atoms with van der Waals surface area (Å²) < 4.78 is 5.50. The lowest BCUT2D eigenvalue weighted by Gasteiger charge is -2.36. The molecule has 2 aromatic rings. The zero-order chi connectivity index (χ0) is 22.1. The van der Waals surface area contributed by atoms with Crippen molar-refractivity contribution in [1.82, 2.24) is 15.1 Å². The summed E-state index contributed by atoms with van der Waals surface area (Å²) in [7, 11) is 1.71. The number of fused-ring (bicyclic) bond motifs is 2. The molecule has 0 saturated carbocycles. The van der Waals surface area contributed by atoms with Gasteiger partial charge < -0.3 is 15.0 Å². The van der Waals surface area contributed by atoms with Gasteiger partial charge in [-0.25, -0.2) is 4.79 Å². The van der Waals surface area contributed by atoms with Crippen LogP contribution in [-0.4, -0.2) is 68.1 Å². The fraction of sp³-hybridized carbons (Fsp3) is 0.440. The van der Waals surface area contributed by atoms with Gasteiger partial charge in [-0.2, -0.15) is 0 Å². The molecule has 1 N–H and O–H groups in total. The summed E-state index contributed by atoms with van der Waals surface area (Å²) in [6.07, 6.45) is 2.26. The first-order valence-electron chi connectivity index (χ1n) is 11.5. The van der Waals surface area contributed by atoms with Crippen molar-refractivity contribution < 1.29 is 14.3 Å². The number of piperazine rings is 1. The molecule has 1 spiro atoms. The van der Waals surface area contributed by atoms with Crippen molar-refractivity contribution in [3.63, 3.8) is 0 Å². The molecule has 0 aromatic heterocycles. The number of imide groups is 1. The Labute approximate surface area is 201 Å². The van der Waals surface area contributed by atoms with E-state index in [1.807, 2.05) is 36.4 Å². The minimum Gasteiger partial charge on any atom is -0.495 e. The highest BCUT2D eigenvalue weighted by molar-refractivity contribution is 6.08. The lowest BCUT2D eigenvalue weighted by Crippen LogP contribution is -2.47. The largest absolute Gasteiger partial charge is 0.495 e. The maximum atomic E-state index is 13.3. The number of aryl methyl sites for hydroxylation is 1. The molecular formula is C25H31ClN4O3. The van der Waals surface area contributed by atoms with Gasteiger partial charge in [-0.1, -0.05) is 36.4 Å². The second kappa shape index (κ2) is 9.61. The minimum atomic E-state index is -0.853. The molecule has 7 nitrogen and oxygen atoms in total. The molecular weight excluding hydrogens is 440 g/mol. The van der Waals surface area contributed by atoms with E-state index in [2.05, 4.69) is 27.2 Å². The molecule has 2 aliphatic heterocycles. The third-order valence-electron chi connectivity index (χ3n) is 7.08. The lowest BCUT2D eigenvalue weighted by molar-refractivity contribution is -0.131. The second-order valence-electron chi connectivity index (χ2n) is 8.80. The van der Waals surface area contributed by atoms with Crippen molar-refractivity contribution >= 4 is 30.0 Å². The average molecular weight is 471 g/mol. The molecule has 2 saturated heterocycles. The third kappa shape index (κ3) is 4.15. The molecule has 0 bridgehead atoms. The molecule has 176 valence electrons. The molecule has 2 aromatic carbocycles. The van der Waals surface area contributed by atoms with Gasteiger partial charge in [0.15, 0.2) is 0 Å². The number of hydrogen-bond donors (Lipinski definition) is 1. The van der Waals surface area contributed by atoms with Gasteiger partial charge in [-0.05, 0) is 49.1 Å². The van der Waals surface area contributed by atoms with E-state index in [4.69, 9.17) is 4.74 Å². The smallest absolute Gasteiger partial charge is 0.325 e. The van der Waals surface area contributed by atoms with Crippen molar-refractivity contribution in [2.24, 2.45) is 0 Å². The van der Waals surface area contributed by atoms with Crippen LogP contribution in [0.3, 0.4) is 0 Å². The maximum absolute atomic E-state index is 13.3. The number of nitrogens with zero attached hydrogens (tertiary/aromatic N) is 3. The number of para-hydroxylation sites is 2. The minimum absolute atomic E-state index is 0. The number of amides is 3. The Kier molecular flexibility index (Phi) is 6.81. The van der Waals surface area contributed by atoms with E-state index in [-0.39, 0.29) is 24.3 Å². The number of methoxy groups -OCH3 is 1. The topological polar surface area (TPSA) is 65.1 Å². The first-order valence-corrected chi connectivity index (χ1v) is 11.5. The van der Waals surface area contributed by atoms with Gasteiger partial charge in [0, 0.05) is 32.7 Å². The van der Waals surface area contributed by atoms with Gasteiger partial charge in [0.25, 0.3) is 5.91 Å². The predicted molar refractivity (Wildman–Crippen MR) is 130 cm³/mol. The van der Waals surface area contributed by atoms with Gasteiger partial charge in [-0.3, -0.25) is 14.6 Å². The van der Waals surface area contributed by atoms with Crippen LogP contribution in [0.5, 0.6) is 5.75 Å². The van der Waals surface area contributed by atoms with Crippen molar-refractivity contribution in [3.8, 4) is 5.75 Å². The molecule has 3 aliphatic rings. The van der Waals surface area contributed by atoms with Crippen molar-refractivity contribution in [2.75, 3.05) is 51.3 Å². The number of nitrogens with one attached hydrogen (secondary N) is 1. The number of carbonyl (C=O) groups is 2. The molecule has 0 radical (unpaired) electrons. The number of benzene rings is 2. The van der Waals surface area contributed by atoms with Crippen molar-refractivity contribution in [3.05, 3.63) is 59.7 Å². The summed E-state index contributed by atoms with van der Waals surface area (Å²) in [5.74, 6) is 0.815. The van der Waals surface area contributed by atoms with Crippen LogP contribution in [0.1, 0.15) is 24.0 Å². The fourth-order valence-electron chi connectivity index (χ4n) is 5.35. The summed E-state index contributed by atoms with van der Waals surface area (Å²) in [5.41, 5.74) is 2.41. The number of urea groups is 1. The molecule has 2 heterocycles. The maximum Gasteiger partial charge on any atom is 0.325 e. The van der Waals surface area contributed by atoms with Crippen LogP contribution >= 0.6 is 12.4 Å². The van der Waals surface area contributed by atoms with Crippen LogP contribution < -0.4 is 15.0 Å². The summed E-state index contributed by atoms with van der Waals surface area (Å²) >= 11 is 0. The molecule has 2 fully saturated rings. The first kappa shape index (κ1) is 23.4. The van der Waals surface area contributed by atoms with Crippen LogP contribution in [0.25, 0.3) is 0 Å². The molecule has 5 rings (SSSR count). The van der Waals surface area contributed by atoms with E-state index >= 15 is 0 Å². The number of halogens is 1. The van der Waals surface area contributed by atoms with E-state index in [1.165, 1.54) is 4.90 Å². The van der Waals surface area contributed by atoms with Crippen molar-refractivity contribution in [1.29, 1.82) is 0 Å². The predicted octanol–water partition coefficient (Wildman–Crippen LogP) is 3.02. The number of rotatable bonds is 6. The summed E-state index contributed by atoms with van der Waals surface area (Å²) in [6.45, 7) is 5.11. The van der Waals surface area contributed by atoms with Crippen LogP contribution in [0.15, 0.2) is 48.5 Å². The standard InChI is InChI=1S/C25H30N4O3.ClH/c1-32-22-10-5-4-9-21(22)28-17-15-27(16-18-28)13-6-14-29-23(30)25(26-24(29)31)12-11-19-7-2-3-8-20(19)25;/h2-5,7-10H,6,11-18H2,1H3,(H,26,31);1H. The number of carbonyl (C=O) groups excluding carboxylic acids is 2. The average Bonchev–Trinajstić information content (AvgIpc) is 3.32. The zero-order valence-electron chi connectivity index (χ0n) is 19.0. The molecule has 8 heteroatoms. The van der Waals surface area contributed by atoms with Crippen LogP contribution in [-0.2, 0) is 16.8 Å². The van der Waals surface area contributed by atoms with Crippen LogP contribution in [0, 0.1) is 0 Å². The molecule has 1 atom stereocenters. The van der Waals surface area contributed by atoms with Gasteiger partial charge in [0.1, 0.15) is 11.3 Å². The Hall–Kier alpha value is -2.77. The fourth-order valence-corrected chi connectivity index (χ4v) is 5.35. The Balaban J connectivity index is 0.00000259. The van der Waals surface area contributed by atoms with Gasteiger partial charge in [0.2, 0.25) is 0 Å². The molecule has 1 aliphatic carbocycles. The molecule has 3 amide bonds. The SMILES string of the molecule is COc1ccccc1N1CCN(CCCN2C(=O)NC3(CCc4ccccc43)C2=O)CC1.Cl. The Morgan fingerprint density at radius 1 is 0.970 bits per heavy atom. The summed E-state index contributed by atoms with van der Waals surface area (Å²) in [6, 6.07) is 15.8. The number of ether oxygens (including phenoxy) is 1. The normalized spacial score (nSPS) is 22.3. The second-order valence-corrected chi connectivity index (χ2v) is 8.80. The molecule has 1 unspecified atom stereocenters. The quantitative estimate of drug-likeness (QED) is 0.657. The monoisotopic (exact) mass is 470 g/mol. The van der Waals surface area contributed by atoms with E-state index in [0.717, 1.165) is 68.1 Å².